The summed E-state index contributed by atoms with van der Waals surface area (Å²) in [4.78, 5) is 4.24. The summed E-state index contributed by atoms with van der Waals surface area (Å²) in [5.74, 6) is 0. The monoisotopic (exact) mass is 159 g/mol. The lowest BCUT2D eigenvalue weighted by Gasteiger charge is -2.38. The first-order valence-corrected chi connectivity index (χ1v) is 3.94. The fourth-order valence-electron chi connectivity index (χ4n) is 1.37. The van der Waals surface area contributed by atoms with Gasteiger partial charge in [-0.05, 0) is 13.5 Å². The van der Waals surface area contributed by atoms with E-state index in [0.29, 0.717) is 6.73 Å². The van der Waals surface area contributed by atoms with Crippen molar-refractivity contribution in [1.29, 1.82) is 0 Å². The molecule has 1 fully saturated rings. The summed E-state index contributed by atoms with van der Waals surface area (Å²) in [5, 5.41) is 0. The molecule has 2 N–H and O–H groups in total. The van der Waals surface area contributed by atoms with Crippen molar-refractivity contribution in [2.45, 2.75) is 12.7 Å². The number of ether oxygens (including phenoxy) is 1. The minimum absolute atomic E-state index is 0.0312. The van der Waals surface area contributed by atoms with Gasteiger partial charge in [0, 0.05) is 20.2 Å². The van der Waals surface area contributed by atoms with Gasteiger partial charge in [-0.1, -0.05) is 0 Å². The van der Waals surface area contributed by atoms with Crippen molar-refractivity contribution < 1.29 is 4.74 Å². The average Bonchev–Trinajstić information content (AvgIpc) is 1.99. The Morgan fingerprint density at radius 2 is 2.27 bits per heavy atom. The molecule has 1 atom stereocenters. The van der Waals surface area contributed by atoms with E-state index in [4.69, 9.17) is 10.5 Å². The minimum Gasteiger partial charge on any atom is -0.369 e. The van der Waals surface area contributed by atoms with E-state index < -0.39 is 0 Å². The maximum Gasteiger partial charge on any atom is 0.116 e. The van der Waals surface area contributed by atoms with Crippen molar-refractivity contribution in [3.8, 4) is 0 Å². The molecule has 0 bridgehead atoms. The Morgan fingerprint density at radius 1 is 1.55 bits per heavy atom. The molecule has 0 saturated carbocycles. The van der Waals surface area contributed by atoms with Crippen molar-refractivity contribution in [2.75, 3.05) is 34.0 Å². The van der Waals surface area contributed by atoms with Crippen LogP contribution in [0.4, 0.5) is 0 Å². The predicted octanol–water partition coefficient (Wildman–Crippen LogP) is -0.530. The average molecular weight is 159 g/mol. The highest BCUT2D eigenvalue weighted by Crippen LogP contribution is 2.06. The summed E-state index contributed by atoms with van der Waals surface area (Å²) in [7, 11) is 3.73. The molecular weight excluding hydrogens is 142 g/mol. The zero-order valence-electron chi connectivity index (χ0n) is 7.29. The van der Waals surface area contributed by atoms with E-state index >= 15 is 0 Å². The van der Waals surface area contributed by atoms with E-state index in [-0.39, 0.29) is 6.29 Å². The molecule has 1 aliphatic heterocycles. The van der Waals surface area contributed by atoms with Gasteiger partial charge >= 0.3 is 0 Å². The lowest BCUT2D eigenvalue weighted by Crippen LogP contribution is -2.57. The topological polar surface area (TPSA) is 41.7 Å². The smallest absolute Gasteiger partial charge is 0.116 e. The highest BCUT2D eigenvalue weighted by atomic mass is 16.5. The molecule has 1 saturated heterocycles. The van der Waals surface area contributed by atoms with Gasteiger partial charge in [0.1, 0.15) is 13.0 Å². The van der Waals surface area contributed by atoms with Crippen molar-refractivity contribution >= 4 is 0 Å². The van der Waals surface area contributed by atoms with E-state index in [1.165, 1.54) is 6.42 Å². The first-order chi connectivity index (χ1) is 5.25. The second-order valence-corrected chi connectivity index (χ2v) is 2.98. The fraction of sp³-hybridized carbons (Fsp3) is 1.00. The summed E-state index contributed by atoms with van der Waals surface area (Å²) in [6.07, 6.45) is 1.21. The third-order valence-electron chi connectivity index (χ3n) is 2.08. The zero-order valence-corrected chi connectivity index (χ0v) is 7.29. The van der Waals surface area contributed by atoms with Crippen LogP contribution in [0, 0.1) is 0 Å². The molecule has 66 valence electrons. The van der Waals surface area contributed by atoms with Crippen molar-refractivity contribution in [3.05, 3.63) is 0 Å². The summed E-state index contributed by atoms with van der Waals surface area (Å²) >= 11 is 0. The first-order valence-electron chi connectivity index (χ1n) is 3.94. The lowest BCUT2D eigenvalue weighted by molar-refractivity contribution is -0.0442. The van der Waals surface area contributed by atoms with Crippen molar-refractivity contribution in [2.24, 2.45) is 5.73 Å². The summed E-state index contributed by atoms with van der Waals surface area (Å²) in [6, 6.07) is 0. The lowest BCUT2D eigenvalue weighted by atomic mass is 10.3. The summed E-state index contributed by atoms with van der Waals surface area (Å²) in [6.45, 7) is 2.76. The second-order valence-electron chi connectivity index (χ2n) is 2.98. The van der Waals surface area contributed by atoms with Gasteiger partial charge in [-0.25, -0.2) is 0 Å². The minimum atomic E-state index is 0.0312. The molecule has 0 amide bonds. The van der Waals surface area contributed by atoms with Gasteiger partial charge in [-0.15, -0.1) is 0 Å². The molecule has 11 heavy (non-hydrogen) atoms. The van der Waals surface area contributed by atoms with Gasteiger partial charge in [0.15, 0.2) is 0 Å². The molecule has 0 aromatic carbocycles. The Balaban J connectivity index is 2.38. The Morgan fingerprint density at radius 3 is 2.91 bits per heavy atom. The number of hydrogen-bond acceptors (Lipinski definition) is 4. The van der Waals surface area contributed by atoms with Gasteiger partial charge in [0.2, 0.25) is 0 Å². The van der Waals surface area contributed by atoms with Crippen LogP contribution in [-0.4, -0.2) is 50.1 Å². The van der Waals surface area contributed by atoms with Crippen LogP contribution in [0.3, 0.4) is 0 Å². The van der Waals surface area contributed by atoms with Crippen LogP contribution in [0.5, 0.6) is 0 Å². The van der Waals surface area contributed by atoms with E-state index in [1.54, 1.807) is 7.11 Å². The quantitative estimate of drug-likeness (QED) is 0.588. The summed E-state index contributed by atoms with van der Waals surface area (Å²) in [5.41, 5.74) is 5.88. The van der Waals surface area contributed by atoms with E-state index in [9.17, 15) is 0 Å². The molecule has 1 unspecified atom stereocenters. The normalized spacial score (nSPS) is 29.2. The molecule has 4 heteroatoms. The van der Waals surface area contributed by atoms with Crippen LogP contribution in [-0.2, 0) is 4.74 Å². The van der Waals surface area contributed by atoms with Crippen LogP contribution in [0.25, 0.3) is 0 Å². The molecular formula is C7H17N3O. The van der Waals surface area contributed by atoms with E-state index in [2.05, 4.69) is 9.80 Å². The molecule has 0 spiro atoms. The third kappa shape index (κ3) is 2.13. The molecule has 1 rings (SSSR count). The predicted molar refractivity (Wildman–Crippen MR) is 43.8 cm³/mol. The number of nitrogens with two attached hydrogens (primary N) is 1. The first kappa shape index (κ1) is 8.93. The Bertz CT molecular complexity index is 118. The van der Waals surface area contributed by atoms with Crippen molar-refractivity contribution in [1.82, 2.24) is 9.80 Å². The largest absolute Gasteiger partial charge is 0.369 e. The number of methoxy groups -OCH3 is 1. The number of rotatable bonds is 2. The number of nitrogens with zero attached hydrogens (tertiary/aromatic N) is 2. The fourth-order valence-corrected chi connectivity index (χ4v) is 1.37. The van der Waals surface area contributed by atoms with Crippen LogP contribution >= 0.6 is 0 Å². The van der Waals surface area contributed by atoms with Gasteiger partial charge in [0.05, 0.1) is 0 Å². The molecule has 0 radical (unpaired) electrons. The highest BCUT2D eigenvalue weighted by molar-refractivity contribution is 4.69. The van der Waals surface area contributed by atoms with Gasteiger partial charge in [-0.2, -0.15) is 0 Å². The van der Waals surface area contributed by atoms with Crippen LogP contribution in [0.15, 0.2) is 0 Å². The second kappa shape index (κ2) is 4.01. The van der Waals surface area contributed by atoms with E-state index in [1.807, 2.05) is 7.05 Å². The van der Waals surface area contributed by atoms with Gasteiger partial charge in [0.25, 0.3) is 0 Å². The zero-order chi connectivity index (χ0) is 8.27. The highest BCUT2D eigenvalue weighted by Gasteiger charge is 2.22. The molecule has 1 aliphatic rings. The van der Waals surface area contributed by atoms with Crippen LogP contribution in [0.1, 0.15) is 6.42 Å². The van der Waals surface area contributed by atoms with Gasteiger partial charge < -0.3 is 10.5 Å². The maximum absolute atomic E-state index is 5.88. The summed E-state index contributed by atoms with van der Waals surface area (Å²) < 4.78 is 5.02. The molecule has 0 aliphatic carbocycles. The SMILES string of the molecule is COCN1CCCN(C)C1N. The van der Waals surface area contributed by atoms with E-state index in [0.717, 1.165) is 13.1 Å². The van der Waals surface area contributed by atoms with Crippen LogP contribution < -0.4 is 5.73 Å². The van der Waals surface area contributed by atoms with Gasteiger partial charge in [-0.3, -0.25) is 9.80 Å². The maximum atomic E-state index is 5.88. The molecule has 1 heterocycles. The van der Waals surface area contributed by atoms with Crippen LogP contribution in [0.2, 0.25) is 0 Å². The molecule has 0 aromatic rings. The van der Waals surface area contributed by atoms with Crippen molar-refractivity contribution in [3.63, 3.8) is 0 Å². The Hall–Kier alpha value is -0.160. The molecule has 0 aromatic heterocycles. The molecule has 4 nitrogen and oxygen atoms in total. The Labute approximate surface area is 67.9 Å². The number of hydrogen-bond donors (Lipinski definition) is 1. The third-order valence-corrected chi connectivity index (χ3v) is 2.08. The standard InChI is InChI=1S/C7H17N3O/c1-9-4-3-5-10(6-11-2)7(9)8/h7H,3-6,8H2,1-2H3. The Kier molecular flexibility index (Phi) is 3.26.